The molecule has 0 aliphatic rings. The van der Waals surface area contributed by atoms with Crippen molar-refractivity contribution >= 4 is 0 Å². The van der Waals surface area contributed by atoms with Crippen LogP contribution in [0, 0.1) is 11.3 Å². The number of hydrogen-bond donors (Lipinski definition) is 0. The predicted octanol–water partition coefficient (Wildman–Crippen LogP) is 3.32. The molecular weight excluding hydrogens is 702 g/mol. The van der Waals surface area contributed by atoms with Gasteiger partial charge in [-0.3, -0.25) is 0 Å². The van der Waals surface area contributed by atoms with E-state index in [0.29, 0.717) is 26.2 Å². The van der Waals surface area contributed by atoms with E-state index in [4.69, 9.17) is 5.26 Å². The summed E-state index contributed by atoms with van der Waals surface area (Å²) in [7, 11) is 8.01. The molecule has 0 saturated carbocycles. The number of rotatable bonds is 14. The molecule has 0 aliphatic carbocycles. The number of nitrogens with zero attached hydrogens (tertiary/aromatic N) is 5. The zero-order valence-electron chi connectivity index (χ0n) is 29.0. The first-order valence-corrected chi connectivity index (χ1v) is 15.6. The van der Waals surface area contributed by atoms with Crippen molar-refractivity contribution in [2.24, 2.45) is 0 Å². The Hall–Kier alpha value is -3.55. The van der Waals surface area contributed by atoms with Crippen LogP contribution in [0.2, 0.25) is 0 Å². The summed E-state index contributed by atoms with van der Waals surface area (Å²) >= 11 is 0. The second-order valence-corrected chi connectivity index (χ2v) is 11.6. The molecular formula is C38H47Fe2N5O4+4. The number of hydrogen-bond acceptors (Lipinski definition) is 9. The van der Waals surface area contributed by atoms with E-state index in [9.17, 15) is 20.4 Å². The quantitative estimate of drug-likeness (QED) is 0.179. The minimum absolute atomic E-state index is 0. The molecule has 4 rings (SSSR count). The van der Waals surface area contributed by atoms with Gasteiger partial charge in [0.25, 0.3) is 0 Å². The Kier molecular flexibility index (Phi) is 23.6. The SMILES string of the molecule is CC#N.CN(CCN(C)Cc1ccccc1[O-])Cc1ccccc1[O-].CN(CCN(C)Cc1ccccc1[O-])Cc1ccccc1[O-].[Fe+4].[Fe+4]. The molecule has 4 aromatic carbocycles. The summed E-state index contributed by atoms with van der Waals surface area (Å²) in [6, 6.07) is 30.2. The third-order valence-corrected chi connectivity index (χ3v) is 7.38. The molecule has 11 heteroatoms. The van der Waals surface area contributed by atoms with E-state index in [1.54, 1.807) is 54.6 Å². The standard InChI is InChI=1S/2C18H24N2O2.C2H3N.2Fe/c2*1-19(13-15-7-3-5-9-17(15)21)11-12-20(2)14-16-8-4-6-10-18(16)22;1-2-3;;/h2*3-10,21-22H,11-14H2,1-2H3;1H3;;/q;;;2*+4/p-4. The van der Waals surface area contributed by atoms with Gasteiger partial charge >= 0.3 is 34.1 Å². The van der Waals surface area contributed by atoms with Crippen LogP contribution in [0.1, 0.15) is 29.2 Å². The topological polar surface area (TPSA) is 129 Å². The van der Waals surface area contributed by atoms with E-state index in [1.165, 1.54) is 6.92 Å². The van der Waals surface area contributed by atoms with Crippen molar-refractivity contribution in [1.29, 1.82) is 5.26 Å². The minimum atomic E-state index is 0. The number of benzene rings is 4. The first-order chi connectivity index (χ1) is 22.5. The molecule has 0 spiro atoms. The monoisotopic (exact) mass is 749 g/mol. The van der Waals surface area contributed by atoms with E-state index in [2.05, 4.69) is 19.6 Å². The maximum absolute atomic E-state index is 11.7. The van der Waals surface area contributed by atoms with Crippen molar-refractivity contribution < 1.29 is 54.6 Å². The van der Waals surface area contributed by atoms with E-state index >= 15 is 0 Å². The van der Waals surface area contributed by atoms with Crippen molar-refractivity contribution in [2.75, 3.05) is 54.4 Å². The Morgan fingerprint density at radius 1 is 0.429 bits per heavy atom. The summed E-state index contributed by atoms with van der Waals surface area (Å²) in [4.78, 5) is 8.49. The summed E-state index contributed by atoms with van der Waals surface area (Å²) in [5.74, 6) is 0.344. The van der Waals surface area contributed by atoms with Crippen LogP contribution in [-0.4, -0.2) is 74.0 Å². The molecule has 0 atom stereocenters. The van der Waals surface area contributed by atoms with Crippen LogP contribution >= 0.6 is 0 Å². The fourth-order valence-electron chi connectivity index (χ4n) is 4.70. The first kappa shape index (κ1) is 45.4. The van der Waals surface area contributed by atoms with Gasteiger partial charge in [0.2, 0.25) is 0 Å². The van der Waals surface area contributed by atoms with Crippen LogP contribution in [0.3, 0.4) is 0 Å². The van der Waals surface area contributed by atoms with Gasteiger partial charge in [-0.05, 0) is 50.4 Å². The smallest absolute Gasteiger partial charge is 0.872 e. The molecule has 49 heavy (non-hydrogen) atoms. The van der Waals surface area contributed by atoms with Gasteiger partial charge in [0.05, 0.1) is 6.07 Å². The van der Waals surface area contributed by atoms with Gasteiger partial charge in [-0.1, -0.05) is 97.1 Å². The van der Waals surface area contributed by atoms with Crippen molar-refractivity contribution in [1.82, 2.24) is 19.6 Å². The van der Waals surface area contributed by atoms with Gasteiger partial charge in [0.1, 0.15) is 0 Å². The summed E-state index contributed by atoms with van der Waals surface area (Å²) < 4.78 is 0. The first-order valence-electron chi connectivity index (χ1n) is 15.6. The largest absolute Gasteiger partial charge is 4.00 e. The summed E-state index contributed by atoms with van der Waals surface area (Å²) in [5.41, 5.74) is 3.27. The summed E-state index contributed by atoms with van der Waals surface area (Å²) in [5, 5.41) is 54.1. The normalized spacial score (nSPS) is 10.3. The molecule has 0 radical (unpaired) electrons. The second-order valence-electron chi connectivity index (χ2n) is 11.6. The third kappa shape index (κ3) is 18.1. The molecule has 0 unspecified atom stereocenters. The van der Waals surface area contributed by atoms with Crippen LogP contribution in [0.15, 0.2) is 97.1 Å². The zero-order valence-corrected chi connectivity index (χ0v) is 31.2. The van der Waals surface area contributed by atoms with Gasteiger partial charge in [-0.25, -0.2) is 0 Å². The molecule has 0 amide bonds. The summed E-state index contributed by atoms with van der Waals surface area (Å²) in [6.07, 6.45) is 0. The Morgan fingerprint density at radius 3 is 0.755 bits per heavy atom. The van der Waals surface area contributed by atoms with Gasteiger partial charge in [-0.2, -0.15) is 5.26 Å². The predicted molar refractivity (Wildman–Crippen MR) is 180 cm³/mol. The maximum atomic E-state index is 11.7. The zero-order chi connectivity index (χ0) is 34.6. The molecule has 0 N–H and O–H groups in total. The van der Waals surface area contributed by atoms with Gasteiger partial charge < -0.3 is 40.0 Å². The van der Waals surface area contributed by atoms with E-state index in [0.717, 1.165) is 48.4 Å². The van der Waals surface area contributed by atoms with Gasteiger partial charge in [0.15, 0.2) is 0 Å². The van der Waals surface area contributed by atoms with E-state index in [-0.39, 0.29) is 57.1 Å². The Morgan fingerprint density at radius 2 is 0.592 bits per heavy atom. The fraction of sp³-hybridized carbons (Fsp3) is 0.342. The molecule has 9 nitrogen and oxygen atoms in total. The van der Waals surface area contributed by atoms with Gasteiger partial charge in [0, 0.05) is 59.3 Å². The number of nitriles is 1. The molecule has 260 valence electrons. The van der Waals surface area contributed by atoms with Crippen molar-refractivity contribution in [3.8, 4) is 29.1 Å². The van der Waals surface area contributed by atoms with Crippen LogP contribution in [0.5, 0.6) is 23.0 Å². The molecule has 0 heterocycles. The molecule has 0 bridgehead atoms. The molecule has 0 fully saturated rings. The maximum Gasteiger partial charge on any atom is 4.00 e. The third-order valence-electron chi connectivity index (χ3n) is 7.38. The van der Waals surface area contributed by atoms with E-state index in [1.807, 2.05) is 76.7 Å². The van der Waals surface area contributed by atoms with Crippen LogP contribution in [0.4, 0.5) is 0 Å². The van der Waals surface area contributed by atoms with E-state index < -0.39 is 0 Å². The Bertz CT molecular complexity index is 1310. The molecule has 0 saturated heterocycles. The van der Waals surface area contributed by atoms with Crippen molar-refractivity contribution in [2.45, 2.75) is 33.1 Å². The Labute approximate surface area is 314 Å². The average molecular weight is 750 g/mol. The summed E-state index contributed by atoms with van der Waals surface area (Å²) in [6.45, 7) is 7.37. The van der Waals surface area contributed by atoms with Crippen LogP contribution in [-0.2, 0) is 60.3 Å². The minimum Gasteiger partial charge on any atom is -0.872 e. The second kappa shape index (κ2) is 25.4. The van der Waals surface area contributed by atoms with Crippen molar-refractivity contribution in [3.05, 3.63) is 119 Å². The van der Waals surface area contributed by atoms with Crippen LogP contribution in [0.25, 0.3) is 0 Å². The average Bonchev–Trinajstić information content (AvgIpc) is 3.04. The van der Waals surface area contributed by atoms with Crippen molar-refractivity contribution in [3.63, 3.8) is 0 Å². The van der Waals surface area contributed by atoms with Gasteiger partial charge in [-0.15, -0.1) is 23.0 Å². The molecule has 0 aromatic heterocycles. The number of para-hydroxylation sites is 4. The fourth-order valence-corrected chi connectivity index (χ4v) is 4.70. The molecule has 0 aliphatic heterocycles. The molecule has 4 aromatic rings. The Balaban J connectivity index is 0.000000839. The number of likely N-dealkylation sites (N-methyl/N-ethyl adjacent to an activating group) is 4. The van der Waals surface area contributed by atoms with Crippen LogP contribution < -0.4 is 20.4 Å².